The summed E-state index contributed by atoms with van der Waals surface area (Å²) in [5, 5.41) is 5.87. The Balaban J connectivity index is 1.67. The molecule has 9 nitrogen and oxygen atoms in total. The van der Waals surface area contributed by atoms with Crippen LogP contribution in [0.4, 0.5) is 5.69 Å². The Morgan fingerprint density at radius 3 is 2.76 bits per heavy atom. The van der Waals surface area contributed by atoms with Crippen molar-refractivity contribution < 1.29 is 19.1 Å². The highest BCUT2D eigenvalue weighted by molar-refractivity contribution is 6.00. The van der Waals surface area contributed by atoms with Crippen LogP contribution in [0.25, 0.3) is 22.6 Å². The fraction of sp³-hybridized carbons (Fsp3) is 0.458. The summed E-state index contributed by atoms with van der Waals surface area (Å²) in [6.45, 7) is 5.30. The Morgan fingerprint density at radius 1 is 1.30 bits per heavy atom. The standard InChI is InChI=1S/C24H31N5O4/c1-14(2)12-25-23(30)16-13-28(3)20(21(16)32-5)22-27-17-11-15(8-9-18(17)29(22)4)26-24(31)19-7-6-10-33-19/h8-9,11,13-14,19H,6-7,10,12H2,1-5H3,(H,25,30)(H,26,31)/t19-/m0/s1. The van der Waals surface area contributed by atoms with E-state index >= 15 is 0 Å². The second-order valence-electron chi connectivity index (χ2n) is 8.83. The molecule has 176 valence electrons. The number of nitrogens with zero attached hydrogens (tertiary/aromatic N) is 3. The smallest absolute Gasteiger partial charge is 0.256 e. The average Bonchev–Trinajstić information content (AvgIpc) is 3.50. The van der Waals surface area contributed by atoms with Crippen molar-refractivity contribution in [3.8, 4) is 17.3 Å². The van der Waals surface area contributed by atoms with Crippen LogP contribution in [0.2, 0.25) is 0 Å². The van der Waals surface area contributed by atoms with E-state index < -0.39 is 6.10 Å². The van der Waals surface area contributed by atoms with Crippen molar-refractivity contribution in [3.63, 3.8) is 0 Å². The minimum atomic E-state index is -0.395. The van der Waals surface area contributed by atoms with Gasteiger partial charge in [0.15, 0.2) is 11.6 Å². The highest BCUT2D eigenvalue weighted by Gasteiger charge is 2.26. The van der Waals surface area contributed by atoms with Crippen molar-refractivity contribution in [2.45, 2.75) is 32.8 Å². The van der Waals surface area contributed by atoms with E-state index in [1.807, 2.05) is 55.3 Å². The van der Waals surface area contributed by atoms with Gasteiger partial charge >= 0.3 is 0 Å². The number of ether oxygens (including phenoxy) is 2. The fourth-order valence-electron chi connectivity index (χ4n) is 4.12. The molecule has 1 aliphatic heterocycles. The number of rotatable bonds is 7. The van der Waals surface area contributed by atoms with Crippen molar-refractivity contribution >= 4 is 28.5 Å². The summed E-state index contributed by atoms with van der Waals surface area (Å²) < 4.78 is 14.9. The quantitative estimate of drug-likeness (QED) is 0.573. The number of methoxy groups -OCH3 is 1. The molecule has 1 fully saturated rings. The third-order valence-electron chi connectivity index (χ3n) is 5.84. The highest BCUT2D eigenvalue weighted by Crippen LogP contribution is 2.36. The van der Waals surface area contributed by atoms with Gasteiger partial charge in [-0.15, -0.1) is 0 Å². The van der Waals surface area contributed by atoms with Gasteiger partial charge < -0.3 is 29.2 Å². The number of hydrogen-bond donors (Lipinski definition) is 2. The molecule has 3 heterocycles. The van der Waals surface area contributed by atoms with Gasteiger partial charge in [0.25, 0.3) is 11.8 Å². The molecule has 0 saturated carbocycles. The number of carbonyl (C=O) groups is 2. The third kappa shape index (κ3) is 4.45. The molecule has 2 amide bonds. The lowest BCUT2D eigenvalue weighted by atomic mass is 10.2. The summed E-state index contributed by atoms with van der Waals surface area (Å²) in [6, 6.07) is 5.62. The summed E-state index contributed by atoms with van der Waals surface area (Å²) in [5.41, 5.74) is 3.46. The van der Waals surface area contributed by atoms with Crippen LogP contribution in [0.15, 0.2) is 24.4 Å². The normalized spacial score (nSPS) is 15.9. The van der Waals surface area contributed by atoms with Crippen LogP contribution in [0.1, 0.15) is 37.0 Å². The van der Waals surface area contributed by atoms with Crippen molar-refractivity contribution in [2.24, 2.45) is 20.0 Å². The Hall–Kier alpha value is -3.33. The molecule has 1 atom stereocenters. The van der Waals surface area contributed by atoms with Gasteiger partial charge in [-0.25, -0.2) is 4.98 Å². The van der Waals surface area contributed by atoms with Gasteiger partial charge in [-0.1, -0.05) is 13.8 Å². The number of amides is 2. The van der Waals surface area contributed by atoms with E-state index in [2.05, 4.69) is 10.6 Å². The van der Waals surface area contributed by atoms with E-state index in [1.165, 1.54) is 0 Å². The predicted octanol–water partition coefficient (Wildman–Crippen LogP) is 3.09. The first-order valence-corrected chi connectivity index (χ1v) is 11.2. The largest absolute Gasteiger partial charge is 0.494 e. The molecular weight excluding hydrogens is 422 g/mol. The molecule has 4 rings (SSSR count). The van der Waals surface area contributed by atoms with E-state index in [4.69, 9.17) is 14.5 Å². The Labute approximate surface area is 193 Å². The van der Waals surface area contributed by atoms with Crippen molar-refractivity contribution in [1.82, 2.24) is 19.4 Å². The first-order chi connectivity index (χ1) is 15.8. The zero-order valence-corrected chi connectivity index (χ0v) is 19.8. The van der Waals surface area contributed by atoms with Crippen LogP contribution >= 0.6 is 0 Å². The van der Waals surface area contributed by atoms with Crippen molar-refractivity contribution in [3.05, 3.63) is 30.0 Å². The van der Waals surface area contributed by atoms with Gasteiger partial charge in [0.1, 0.15) is 11.8 Å². The van der Waals surface area contributed by atoms with Gasteiger partial charge in [0.2, 0.25) is 0 Å². The molecule has 0 spiro atoms. The molecule has 1 aromatic carbocycles. The van der Waals surface area contributed by atoms with Gasteiger partial charge in [0.05, 0.1) is 23.7 Å². The number of aromatic nitrogens is 3. The first-order valence-electron chi connectivity index (χ1n) is 11.2. The van der Waals surface area contributed by atoms with E-state index in [1.54, 1.807) is 13.3 Å². The van der Waals surface area contributed by atoms with Crippen LogP contribution in [0, 0.1) is 5.92 Å². The Kier molecular flexibility index (Phi) is 6.42. The van der Waals surface area contributed by atoms with Crippen LogP contribution in [-0.2, 0) is 23.6 Å². The summed E-state index contributed by atoms with van der Waals surface area (Å²) in [6.07, 6.45) is 3.00. The van der Waals surface area contributed by atoms with E-state index in [-0.39, 0.29) is 11.8 Å². The maximum atomic E-state index is 12.8. The molecule has 3 aromatic rings. The SMILES string of the molecule is COc1c(C(=O)NCC(C)C)cn(C)c1-c1nc2cc(NC(=O)[C@@H]3CCCO3)ccc2n1C. The predicted molar refractivity (Wildman–Crippen MR) is 126 cm³/mol. The van der Waals surface area contributed by atoms with Crippen LogP contribution in [-0.4, -0.2) is 52.3 Å². The minimum absolute atomic E-state index is 0.135. The van der Waals surface area contributed by atoms with Gasteiger partial charge in [-0.05, 0) is 37.0 Å². The second-order valence-corrected chi connectivity index (χ2v) is 8.83. The zero-order valence-electron chi connectivity index (χ0n) is 19.8. The fourth-order valence-corrected chi connectivity index (χ4v) is 4.12. The first kappa shape index (κ1) is 22.8. The molecule has 1 aliphatic rings. The monoisotopic (exact) mass is 453 g/mol. The average molecular weight is 454 g/mol. The lowest BCUT2D eigenvalue weighted by Crippen LogP contribution is -2.27. The number of fused-ring (bicyclic) bond motifs is 1. The molecule has 33 heavy (non-hydrogen) atoms. The van der Waals surface area contributed by atoms with E-state index in [0.29, 0.717) is 47.6 Å². The number of benzene rings is 1. The molecule has 2 aromatic heterocycles. The van der Waals surface area contributed by atoms with E-state index in [9.17, 15) is 9.59 Å². The number of nitrogens with one attached hydrogen (secondary N) is 2. The van der Waals surface area contributed by atoms with Crippen LogP contribution < -0.4 is 15.4 Å². The lowest BCUT2D eigenvalue weighted by molar-refractivity contribution is -0.124. The molecule has 2 N–H and O–H groups in total. The molecule has 1 saturated heterocycles. The minimum Gasteiger partial charge on any atom is -0.494 e. The Morgan fingerprint density at radius 2 is 2.09 bits per heavy atom. The third-order valence-corrected chi connectivity index (χ3v) is 5.84. The number of carbonyl (C=O) groups excluding carboxylic acids is 2. The summed E-state index contributed by atoms with van der Waals surface area (Å²) in [7, 11) is 5.34. The van der Waals surface area contributed by atoms with Gasteiger partial charge in [0, 0.05) is 39.1 Å². The van der Waals surface area contributed by atoms with Gasteiger partial charge in [-0.2, -0.15) is 0 Å². The number of aryl methyl sites for hydroxylation is 2. The van der Waals surface area contributed by atoms with Crippen LogP contribution in [0.5, 0.6) is 5.75 Å². The molecule has 0 unspecified atom stereocenters. The molecule has 0 aliphatic carbocycles. The maximum Gasteiger partial charge on any atom is 0.256 e. The second kappa shape index (κ2) is 9.27. The molecule has 0 bridgehead atoms. The topological polar surface area (TPSA) is 99.4 Å². The number of anilines is 1. The number of imidazole rings is 1. The summed E-state index contributed by atoms with van der Waals surface area (Å²) in [5.74, 6) is 1.17. The summed E-state index contributed by atoms with van der Waals surface area (Å²) >= 11 is 0. The van der Waals surface area contributed by atoms with Crippen LogP contribution in [0.3, 0.4) is 0 Å². The zero-order chi connectivity index (χ0) is 23.7. The number of hydrogen-bond acceptors (Lipinski definition) is 5. The molecular formula is C24H31N5O4. The van der Waals surface area contributed by atoms with Gasteiger partial charge in [-0.3, -0.25) is 9.59 Å². The van der Waals surface area contributed by atoms with E-state index in [0.717, 1.165) is 23.9 Å². The van der Waals surface area contributed by atoms with Crippen molar-refractivity contribution in [2.75, 3.05) is 25.6 Å². The van der Waals surface area contributed by atoms with Crippen molar-refractivity contribution in [1.29, 1.82) is 0 Å². The lowest BCUT2D eigenvalue weighted by Gasteiger charge is -2.10. The Bertz CT molecular complexity index is 1190. The molecule has 0 radical (unpaired) electrons. The molecule has 9 heteroatoms. The summed E-state index contributed by atoms with van der Waals surface area (Å²) in [4.78, 5) is 30.0. The highest BCUT2D eigenvalue weighted by atomic mass is 16.5. The maximum absolute atomic E-state index is 12.8.